The Morgan fingerprint density at radius 3 is 2.53 bits per heavy atom. The second kappa shape index (κ2) is 9.77. The van der Waals surface area contributed by atoms with Crippen molar-refractivity contribution in [1.29, 1.82) is 0 Å². The van der Waals surface area contributed by atoms with Crippen LogP contribution >= 0.6 is 0 Å². The Morgan fingerprint density at radius 2 is 1.89 bits per heavy atom. The highest BCUT2D eigenvalue weighted by Gasteiger charge is 2.28. The lowest BCUT2D eigenvalue weighted by molar-refractivity contribution is 0.0635. The minimum atomic E-state index is -1.12. The number of nitrogens with one attached hydrogen (secondary N) is 1. The number of carbonyl (C=O) groups excluding carboxylic acids is 2. The number of carbonyl (C=O) groups is 3. The lowest BCUT2D eigenvalue weighted by Gasteiger charge is -2.29. The number of pyridine rings is 2. The third-order valence-corrected chi connectivity index (χ3v) is 6.22. The van der Waals surface area contributed by atoms with Crippen molar-refractivity contribution in [2.24, 2.45) is 5.73 Å². The number of urea groups is 1. The Hall–Kier alpha value is -4.48. The van der Waals surface area contributed by atoms with E-state index in [2.05, 4.69) is 15.3 Å². The molecule has 0 aliphatic carbocycles. The summed E-state index contributed by atoms with van der Waals surface area (Å²) in [4.78, 5) is 47.3. The summed E-state index contributed by atoms with van der Waals surface area (Å²) in [5, 5.41) is 12.9. The van der Waals surface area contributed by atoms with Crippen LogP contribution in [0.1, 0.15) is 38.4 Å². The summed E-state index contributed by atoms with van der Waals surface area (Å²) in [7, 11) is 1.44. The van der Waals surface area contributed by atoms with E-state index in [1.165, 1.54) is 36.5 Å². The molecule has 0 atom stereocenters. The van der Waals surface area contributed by atoms with Gasteiger partial charge in [0.2, 0.25) is 0 Å². The smallest absolute Gasteiger partial charge is 0.412 e. The van der Waals surface area contributed by atoms with E-state index in [1.807, 2.05) is 0 Å². The number of anilines is 3. The quantitative estimate of drug-likeness (QED) is 0.434. The van der Waals surface area contributed by atoms with Gasteiger partial charge in [0.15, 0.2) is 5.82 Å². The molecule has 11 nitrogen and oxygen atoms in total. The maximum absolute atomic E-state index is 16.2. The molecule has 0 unspecified atom stereocenters. The molecule has 0 fully saturated rings. The van der Waals surface area contributed by atoms with Crippen molar-refractivity contribution in [2.75, 3.05) is 28.7 Å². The molecule has 4 N–H and O–H groups in total. The molecule has 4 rings (SSSR count). The summed E-state index contributed by atoms with van der Waals surface area (Å²) in [6.45, 7) is 7.05. The number of aryl methyl sites for hydroxylation is 1. The highest BCUT2D eigenvalue weighted by Crippen LogP contribution is 2.41. The highest BCUT2D eigenvalue weighted by atomic mass is 19.1. The number of nitrogens with two attached hydrogens (primary N) is 1. The summed E-state index contributed by atoms with van der Waals surface area (Å²) in [5.41, 5.74) is 6.37. The lowest BCUT2D eigenvalue weighted by Crippen LogP contribution is -2.35. The van der Waals surface area contributed by atoms with Gasteiger partial charge in [-0.2, -0.15) is 0 Å². The molecule has 3 aromatic rings. The molecule has 3 heterocycles. The molecule has 0 spiro atoms. The highest BCUT2D eigenvalue weighted by molar-refractivity contribution is 6.05. The van der Waals surface area contributed by atoms with Gasteiger partial charge in [0, 0.05) is 42.5 Å². The first-order chi connectivity index (χ1) is 17.8. The van der Waals surface area contributed by atoms with E-state index in [0.717, 1.165) is 4.90 Å². The van der Waals surface area contributed by atoms with Crippen LogP contribution in [-0.4, -0.2) is 52.5 Å². The fraction of sp³-hybridized carbons (Fsp3) is 0.346. The van der Waals surface area contributed by atoms with Gasteiger partial charge < -0.3 is 15.6 Å². The number of primary amides is 1. The Kier molecular flexibility index (Phi) is 6.83. The van der Waals surface area contributed by atoms with Gasteiger partial charge in [-0.15, -0.1) is 0 Å². The molecule has 200 valence electrons. The molecule has 1 aliphatic rings. The first kappa shape index (κ1) is 26.6. The lowest BCUT2D eigenvalue weighted by atomic mass is 9.94. The fourth-order valence-electron chi connectivity index (χ4n) is 4.44. The zero-order chi connectivity index (χ0) is 27.9. The van der Waals surface area contributed by atoms with E-state index in [-0.39, 0.29) is 22.5 Å². The average Bonchev–Trinajstić information content (AvgIpc) is 2.83. The Bertz CT molecular complexity index is 1470. The van der Waals surface area contributed by atoms with E-state index in [0.29, 0.717) is 47.3 Å². The van der Waals surface area contributed by atoms with E-state index in [1.54, 1.807) is 27.7 Å². The topological polar surface area (TPSA) is 151 Å². The zero-order valence-corrected chi connectivity index (χ0v) is 21.8. The maximum atomic E-state index is 16.2. The fourth-order valence-corrected chi connectivity index (χ4v) is 4.44. The molecular weight excluding hydrogens is 495 g/mol. The van der Waals surface area contributed by atoms with Crippen LogP contribution in [0.2, 0.25) is 0 Å². The SMILES string of the molecule is Cc1c(-c2cc3cc(N(C)C(N)=O)ncc3c(NC(=O)OC(C)(C)C)c2F)cnc2c1N(C(=O)O)CCC2. The van der Waals surface area contributed by atoms with Gasteiger partial charge in [-0.25, -0.2) is 23.8 Å². The van der Waals surface area contributed by atoms with Crippen molar-refractivity contribution in [3.8, 4) is 11.1 Å². The van der Waals surface area contributed by atoms with Crippen LogP contribution in [0, 0.1) is 12.7 Å². The van der Waals surface area contributed by atoms with Gasteiger partial charge in [-0.05, 0) is 63.6 Å². The minimum absolute atomic E-state index is 0.0751. The van der Waals surface area contributed by atoms with Crippen molar-refractivity contribution in [1.82, 2.24) is 9.97 Å². The minimum Gasteiger partial charge on any atom is -0.465 e. The summed E-state index contributed by atoms with van der Waals surface area (Å²) in [5.74, 6) is -0.563. The van der Waals surface area contributed by atoms with E-state index < -0.39 is 29.6 Å². The molecule has 2 aromatic heterocycles. The van der Waals surface area contributed by atoms with Crippen LogP contribution in [0.25, 0.3) is 21.9 Å². The molecule has 0 bridgehead atoms. The standard InChI is InChI=1S/C26H29FN6O5/c1-13-16(11-29-18-7-6-8-33(22(13)18)25(36)37)15-9-14-10-19(32(5)23(28)34)30-12-17(14)21(20(15)27)31-24(35)38-26(2,3)4/h9-12H,6-8H2,1-5H3,(H2,28,34)(H,31,35)(H,36,37). The number of hydrogen-bond acceptors (Lipinski definition) is 6. The van der Waals surface area contributed by atoms with Gasteiger partial charge >= 0.3 is 18.2 Å². The second-order valence-corrected chi connectivity index (χ2v) is 10.0. The van der Waals surface area contributed by atoms with Crippen molar-refractivity contribution in [3.05, 3.63) is 41.6 Å². The molecule has 0 saturated carbocycles. The molecular formula is C26H29FN6O5. The summed E-state index contributed by atoms with van der Waals surface area (Å²) in [6.07, 6.45) is 2.06. The summed E-state index contributed by atoms with van der Waals surface area (Å²) < 4.78 is 21.5. The third-order valence-electron chi connectivity index (χ3n) is 6.22. The van der Waals surface area contributed by atoms with Crippen molar-refractivity contribution in [3.63, 3.8) is 0 Å². The van der Waals surface area contributed by atoms with Crippen LogP contribution in [0.4, 0.5) is 36.0 Å². The number of aromatic nitrogens is 2. The van der Waals surface area contributed by atoms with Crippen LogP contribution in [-0.2, 0) is 11.2 Å². The van der Waals surface area contributed by atoms with Crippen molar-refractivity contribution >= 4 is 46.2 Å². The predicted molar refractivity (Wildman–Crippen MR) is 141 cm³/mol. The number of halogens is 1. The third kappa shape index (κ3) is 5.01. The van der Waals surface area contributed by atoms with Crippen LogP contribution in [0.3, 0.4) is 0 Å². The first-order valence-electron chi connectivity index (χ1n) is 11.9. The molecule has 4 amide bonds. The number of carboxylic acid groups (broad SMARTS) is 1. The molecule has 0 saturated heterocycles. The molecule has 1 aliphatic heterocycles. The molecule has 38 heavy (non-hydrogen) atoms. The van der Waals surface area contributed by atoms with E-state index in [9.17, 15) is 19.5 Å². The van der Waals surface area contributed by atoms with Gasteiger partial charge in [0.1, 0.15) is 11.4 Å². The maximum Gasteiger partial charge on any atom is 0.412 e. The van der Waals surface area contributed by atoms with E-state index in [4.69, 9.17) is 10.5 Å². The van der Waals surface area contributed by atoms with Gasteiger partial charge in [-0.3, -0.25) is 20.1 Å². The van der Waals surface area contributed by atoms with Gasteiger partial charge in [0.25, 0.3) is 0 Å². The number of nitrogens with zero attached hydrogens (tertiary/aromatic N) is 4. The molecule has 12 heteroatoms. The van der Waals surface area contributed by atoms with E-state index >= 15 is 4.39 Å². The normalized spacial score (nSPS) is 13.2. The number of hydrogen-bond donors (Lipinski definition) is 3. The summed E-state index contributed by atoms with van der Waals surface area (Å²) >= 11 is 0. The predicted octanol–water partition coefficient (Wildman–Crippen LogP) is 5.04. The second-order valence-electron chi connectivity index (χ2n) is 10.0. The van der Waals surface area contributed by atoms with Crippen molar-refractivity contribution < 1.29 is 28.6 Å². The van der Waals surface area contributed by atoms with Gasteiger partial charge in [0.05, 0.1) is 17.1 Å². The van der Waals surface area contributed by atoms with Crippen LogP contribution in [0.5, 0.6) is 0 Å². The Balaban J connectivity index is 1.96. The average molecular weight is 525 g/mol. The largest absolute Gasteiger partial charge is 0.465 e. The number of benzene rings is 1. The first-order valence-corrected chi connectivity index (χ1v) is 11.9. The van der Waals surface area contributed by atoms with Gasteiger partial charge in [-0.1, -0.05) is 0 Å². The number of fused-ring (bicyclic) bond motifs is 2. The zero-order valence-electron chi connectivity index (χ0n) is 21.8. The van der Waals surface area contributed by atoms with Crippen molar-refractivity contribution in [2.45, 2.75) is 46.1 Å². The Labute approximate surface area is 218 Å². The number of amides is 4. The van der Waals surface area contributed by atoms with Crippen LogP contribution in [0.15, 0.2) is 24.5 Å². The monoisotopic (exact) mass is 524 g/mol. The van der Waals surface area contributed by atoms with Crippen LogP contribution < -0.4 is 20.9 Å². The molecule has 0 radical (unpaired) electrons. The number of rotatable bonds is 3. The number of ether oxygens (including phenoxy) is 1. The Morgan fingerprint density at radius 1 is 1.18 bits per heavy atom. The molecule has 1 aromatic carbocycles. The summed E-state index contributed by atoms with van der Waals surface area (Å²) in [6, 6.07) is 2.33.